The molecule has 0 unspecified atom stereocenters. The number of amides is 1. The molecule has 3 heteroatoms. The summed E-state index contributed by atoms with van der Waals surface area (Å²) in [5, 5.41) is 0. The van der Waals surface area contributed by atoms with Crippen molar-refractivity contribution in [3.8, 4) is 0 Å². The van der Waals surface area contributed by atoms with Gasteiger partial charge in [0.2, 0.25) is 0 Å². The molecule has 16 heavy (non-hydrogen) atoms. The molecule has 1 saturated carbocycles. The van der Waals surface area contributed by atoms with Gasteiger partial charge in [-0.05, 0) is 36.5 Å². The van der Waals surface area contributed by atoms with E-state index in [0.29, 0.717) is 5.88 Å². The molecule has 0 spiro atoms. The Labute approximate surface area is 101 Å². The Morgan fingerprint density at radius 3 is 2.50 bits per heavy atom. The van der Waals surface area contributed by atoms with Crippen molar-refractivity contribution in [2.75, 3.05) is 13.6 Å². The van der Waals surface area contributed by atoms with Crippen molar-refractivity contribution in [3.63, 3.8) is 0 Å². The monoisotopic (exact) mass is 237 g/mol. The summed E-state index contributed by atoms with van der Waals surface area (Å²) in [5.74, 6) is 1.33. The van der Waals surface area contributed by atoms with Crippen LogP contribution in [0.15, 0.2) is 24.3 Å². The zero-order valence-corrected chi connectivity index (χ0v) is 10.2. The van der Waals surface area contributed by atoms with Crippen molar-refractivity contribution in [2.24, 2.45) is 5.92 Å². The van der Waals surface area contributed by atoms with E-state index in [1.807, 2.05) is 36.2 Å². The molecular formula is C13H16ClNO. The summed E-state index contributed by atoms with van der Waals surface area (Å²) in [6.07, 6.45) is 2.53. The lowest BCUT2D eigenvalue weighted by Gasteiger charge is -2.16. The maximum atomic E-state index is 12.0. The number of carbonyl (C=O) groups is 1. The lowest BCUT2D eigenvalue weighted by molar-refractivity contribution is 0.0788. The molecule has 0 aromatic heterocycles. The zero-order valence-electron chi connectivity index (χ0n) is 9.45. The fourth-order valence-electron chi connectivity index (χ4n) is 1.73. The third kappa shape index (κ3) is 2.76. The summed E-state index contributed by atoms with van der Waals surface area (Å²) in [6, 6.07) is 7.52. The van der Waals surface area contributed by atoms with E-state index >= 15 is 0 Å². The zero-order chi connectivity index (χ0) is 11.5. The molecule has 0 N–H and O–H groups in total. The number of alkyl halides is 1. The van der Waals surface area contributed by atoms with E-state index in [1.165, 1.54) is 12.8 Å². The highest BCUT2D eigenvalue weighted by Crippen LogP contribution is 2.29. The minimum absolute atomic E-state index is 0.105. The molecule has 0 atom stereocenters. The Kier molecular flexibility index (Phi) is 3.49. The fourth-order valence-corrected chi connectivity index (χ4v) is 1.91. The second kappa shape index (κ2) is 4.88. The Morgan fingerprint density at radius 2 is 2.00 bits per heavy atom. The number of nitrogens with zero attached hydrogens (tertiary/aromatic N) is 1. The Bertz CT molecular complexity index is 370. The van der Waals surface area contributed by atoms with E-state index < -0.39 is 0 Å². The molecular weight excluding hydrogens is 222 g/mol. The molecule has 2 rings (SSSR count). The summed E-state index contributed by atoms with van der Waals surface area (Å²) in [5.41, 5.74) is 1.79. The van der Waals surface area contributed by atoms with Gasteiger partial charge in [-0.2, -0.15) is 0 Å². The Hall–Kier alpha value is -1.02. The molecule has 1 aliphatic carbocycles. The maximum absolute atomic E-state index is 12.0. The second-order valence-electron chi connectivity index (χ2n) is 4.46. The molecule has 0 heterocycles. The van der Waals surface area contributed by atoms with Crippen LogP contribution >= 0.6 is 11.6 Å². The summed E-state index contributed by atoms with van der Waals surface area (Å²) in [7, 11) is 1.87. The maximum Gasteiger partial charge on any atom is 0.253 e. The van der Waals surface area contributed by atoms with E-state index in [-0.39, 0.29) is 5.91 Å². The van der Waals surface area contributed by atoms with E-state index in [2.05, 4.69) is 0 Å². The highest BCUT2D eigenvalue weighted by atomic mass is 35.5. The van der Waals surface area contributed by atoms with Crippen LogP contribution in [0.2, 0.25) is 0 Å². The van der Waals surface area contributed by atoms with Crippen molar-refractivity contribution < 1.29 is 4.79 Å². The molecule has 0 bridgehead atoms. The van der Waals surface area contributed by atoms with Gasteiger partial charge < -0.3 is 4.90 Å². The van der Waals surface area contributed by atoms with Crippen molar-refractivity contribution in [3.05, 3.63) is 35.4 Å². The molecule has 1 aromatic rings. The normalized spacial score (nSPS) is 14.9. The summed E-state index contributed by atoms with van der Waals surface area (Å²) >= 11 is 5.70. The summed E-state index contributed by atoms with van der Waals surface area (Å²) in [4.78, 5) is 13.8. The number of carbonyl (C=O) groups excluding carboxylic acids is 1. The van der Waals surface area contributed by atoms with Crippen molar-refractivity contribution in [2.45, 2.75) is 18.7 Å². The van der Waals surface area contributed by atoms with Gasteiger partial charge in [-0.3, -0.25) is 4.79 Å². The first kappa shape index (κ1) is 11.5. The van der Waals surface area contributed by atoms with Crippen LogP contribution < -0.4 is 0 Å². The number of benzene rings is 1. The van der Waals surface area contributed by atoms with E-state index in [9.17, 15) is 4.79 Å². The average Bonchev–Trinajstić information content (AvgIpc) is 3.12. The van der Waals surface area contributed by atoms with Gasteiger partial charge in [-0.25, -0.2) is 0 Å². The fraction of sp³-hybridized carbons (Fsp3) is 0.462. The Balaban J connectivity index is 2.00. The number of rotatable bonds is 4. The van der Waals surface area contributed by atoms with Crippen LogP contribution in [0.25, 0.3) is 0 Å². The van der Waals surface area contributed by atoms with Gasteiger partial charge in [-0.15, -0.1) is 11.6 Å². The molecule has 1 amide bonds. The minimum atomic E-state index is 0.105. The molecule has 1 aromatic carbocycles. The molecule has 86 valence electrons. The van der Waals surface area contributed by atoms with Gasteiger partial charge >= 0.3 is 0 Å². The van der Waals surface area contributed by atoms with Gasteiger partial charge in [0.1, 0.15) is 0 Å². The van der Waals surface area contributed by atoms with Crippen LogP contribution in [0.1, 0.15) is 28.8 Å². The van der Waals surface area contributed by atoms with E-state index in [4.69, 9.17) is 11.6 Å². The summed E-state index contributed by atoms with van der Waals surface area (Å²) in [6.45, 7) is 0.885. The van der Waals surface area contributed by atoms with E-state index in [1.54, 1.807) is 0 Å². The summed E-state index contributed by atoms with van der Waals surface area (Å²) < 4.78 is 0. The lowest BCUT2D eigenvalue weighted by atomic mass is 10.1. The van der Waals surface area contributed by atoms with Crippen LogP contribution in [-0.4, -0.2) is 24.4 Å². The molecule has 0 aliphatic heterocycles. The first-order chi connectivity index (χ1) is 7.70. The van der Waals surface area contributed by atoms with Gasteiger partial charge in [0, 0.05) is 25.0 Å². The van der Waals surface area contributed by atoms with Crippen LogP contribution in [0.4, 0.5) is 0 Å². The Morgan fingerprint density at radius 1 is 1.38 bits per heavy atom. The minimum Gasteiger partial charge on any atom is -0.341 e. The van der Waals surface area contributed by atoms with E-state index in [0.717, 1.165) is 23.6 Å². The predicted molar refractivity (Wildman–Crippen MR) is 65.7 cm³/mol. The highest BCUT2D eigenvalue weighted by molar-refractivity contribution is 6.17. The standard InChI is InChI=1S/C13H16ClNO/c1-15(9-11-2-3-11)13(16)12-6-4-10(8-14)5-7-12/h4-7,11H,2-3,8-9H2,1H3. The number of halogens is 1. The van der Waals surface area contributed by atoms with Gasteiger partial charge in [0.15, 0.2) is 0 Å². The quantitative estimate of drug-likeness (QED) is 0.738. The molecule has 1 fully saturated rings. The SMILES string of the molecule is CN(CC1CC1)C(=O)c1ccc(CCl)cc1. The first-order valence-corrected chi connectivity index (χ1v) is 6.14. The smallest absolute Gasteiger partial charge is 0.253 e. The first-order valence-electron chi connectivity index (χ1n) is 5.61. The predicted octanol–water partition coefficient (Wildman–Crippen LogP) is 2.91. The van der Waals surface area contributed by atoms with Crippen LogP contribution in [0.5, 0.6) is 0 Å². The molecule has 1 aliphatic rings. The van der Waals surface area contributed by atoms with Crippen LogP contribution in [0, 0.1) is 5.92 Å². The molecule has 0 saturated heterocycles. The highest BCUT2D eigenvalue weighted by Gasteiger charge is 2.25. The molecule has 0 radical (unpaired) electrons. The van der Waals surface area contributed by atoms with Crippen molar-refractivity contribution in [1.82, 2.24) is 4.90 Å². The van der Waals surface area contributed by atoms with Crippen LogP contribution in [0.3, 0.4) is 0 Å². The van der Waals surface area contributed by atoms with Gasteiger partial charge in [-0.1, -0.05) is 12.1 Å². The van der Waals surface area contributed by atoms with Crippen LogP contribution in [-0.2, 0) is 5.88 Å². The third-order valence-electron chi connectivity index (χ3n) is 2.93. The van der Waals surface area contributed by atoms with Crippen molar-refractivity contribution >= 4 is 17.5 Å². The third-order valence-corrected chi connectivity index (χ3v) is 3.24. The number of hydrogen-bond donors (Lipinski definition) is 0. The lowest BCUT2D eigenvalue weighted by Crippen LogP contribution is -2.28. The van der Waals surface area contributed by atoms with Gasteiger partial charge in [0.05, 0.1) is 0 Å². The topological polar surface area (TPSA) is 20.3 Å². The largest absolute Gasteiger partial charge is 0.341 e. The second-order valence-corrected chi connectivity index (χ2v) is 4.73. The molecule has 2 nitrogen and oxygen atoms in total. The van der Waals surface area contributed by atoms with Crippen molar-refractivity contribution in [1.29, 1.82) is 0 Å². The number of hydrogen-bond acceptors (Lipinski definition) is 1. The average molecular weight is 238 g/mol. The van der Waals surface area contributed by atoms with Gasteiger partial charge in [0.25, 0.3) is 5.91 Å².